The molecule has 6 nitrogen and oxygen atoms in total. The van der Waals surface area contributed by atoms with E-state index in [1.165, 1.54) is 6.20 Å². The fourth-order valence-corrected chi connectivity index (χ4v) is 1.97. The Labute approximate surface area is 103 Å². The monoisotopic (exact) mass is 241 g/mol. The van der Waals surface area contributed by atoms with Gasteiger partial charge in [-0.25, -0.2) is 4.68 Å². The third kappa shape index (κ3) is 1.55. The molecule has 0 aromatic carbocycles. The van der Waals surface area contributed by atoms with Crippen molar-refractivity contribution in [3.63, 3.8) is 0 Å². The molecule has 3 rings (SSSR count). The van der Waals surface area contributed by atoms with Crippen LogP contribution in [-0.2, 0) is 0 Å². The summed E-state index contributed by atoms with van der Waals surface area (Å²) in [6.45, 7) is 0.621. The maximum atomic E-state index is 11.3. The largest absolute Gasteiger partial charge is 0.366 e. The first-order chi connectivity index (χ1) is 8.77. The number of nitrogens with two attached hydrogens (primary N) is 1. The maximum absolute atomic E-state index is 11.3. The number of carbonyl (C=O) groups excluding carboxylic acids is 1. The molecule has 0 aliphatic carbocycles. The molecule has 3 N–H and O–H groups in total. The molecule has 0 fully saturated rings. The van der Waals surface area contributed by atoms with E-state index in [1.807, 2.05) is 18.2 Å². The van der Waals surface area contributed by atoms with Crippen molar-refractivity contribution < 1.29 is 4.79 Å². The van der Waals surface area contributed by atoms with Crippen molar-refractivity contribution in [1.82, 2.24) is 14.8 Å². The summed E-state index contributed by atoms with van der Waals surface area (Å²) in [5.74, 6) is 0.139. The molecular weight excluding hydrogens is 230 g/mol. The van der Waals surface area contributed by atoms with Crippen LogP contribution < -0.4 is 11.1 Å². The van der Waals surface area contributed by atoms with Gasteiger partial charge in [-0.15, -0.1) is 0 Å². The van der Waals surface area contributed by atoms with Crippen LogP contribution in [0.25, 0.3) is 5.70 Å². The van der Waals surface area contributed by atoms with E-state index < -0.39 is 5.91 Å². The standard InChI is InChI=1S/C12H11N5O/c13-11(18)9-7-16-17-10(3-5-15-12(9)17)8-2-1-4-14-6-8/h1-4,6-7,15H,5H2,(H2,13,18). The fourth-order valence-electron chi connectivity index (χ4n) is 1.97. The lowest BCUT2D eigenvalue weighted by Crippen LogP contribution is -2.19. The number of carbonyl (C=O) groups is 1. The van der Waals surface area contributed by atoms with Crippen molar-refractivity contribution >= 4 is 17.4 Å². The van der Waals surface area contributed by atoms with Crippen molar-refractivity contribution in [3.8, 4) is 0 Å². The van der Waals surface area contributed by atoms with Crippen LogP contribution in [-0.4, -0.2) is 27.2 Å². The summed E-state index contributed by atoms with van der Waals surface area (Å²) in [5.41, 5.74) is 7.53. The van der Waals surface area contributed by atoms with Gasteiger partial charge in [-0.3, -0.25) is 9.78 Å². The van der Waals surface area contributed by atoms with Crippen molar-refractivity contribution in [2.75, 3.05) is 11.9 Å². The number of anilines is 1. The normalized spacial score (nSPS) is 13.4. The molecule has 0 bridgehead atoms. The van der Waals surface area contributed by atoms with Gasteiger partial charge in [0.25, 0.3) is 5.91 Å². The highest BCUT2D eigenvalue weighted by Gasteiger charge is 2.20. The first-order valence-corrected chi connectivity index (χ1v) is 5.50. The number of nitrogens with one attached hydrogen (secondary N) is 1. The molecule has 2 aromatic rings. The smallest absolute Gasteiger partial charge is 0.254 e. The minimum atomic E-state index is -0.490. The van der Waals surface area contributed by atoms with Crippen LogP contribution in [0.1, 0.15) is 15.9 Å². The lowest BCUT2D eigenvalue weighted by molar-refractivity contribution is 0.100. The molecule has 2 aromatic heterocycles. The molecule has 90 valence electrons. The van der Waals surface area contributed by atoms with Gasteiger partial charge in [0.2, 0.25) is 0 Å². The molecule has 18 heavy (non-hydrogen) atoms. The molecule has 1 aliphatic rings. The average molecular weight is 241 g/mol. The highest BCUT2D eigenvalue weighted by molar-refractivity contribution is 5.98. The van der Waals surface area contributed by atoms with Gasteiger partial charge in [0.15, 0.2) is 0 Å². The first kappa shape index (κ1) is 10.5. The molecule has 0 atom stereocenters. The van der Waals surface area contributed by atoms with Crippen LogP contribution in [0, 0.1) is 0 Å². The number of nitrogens with zero attached hydrogens (tertiary/aromatic N) is 3. The number of rotatable bonds is 2. The highest BCUT2D eigenvalue weighted by atomic mass is 16.1. The topological polar surface area (TPSA) is 85.8 Å². The second-order valence-electron chi connectivity index (χ2n) is 3.89. The molecule has 0 unspecified atom stereocenters. The van der Waals surface area contributed by atoms with E-state index in [2.05, 4.69) is 15.4 Å². The van der Waals surface area contributed by atoms with E-state index in [1.54, 1.807) is 17.1 Å². The number of hydrogen-bond donors (Lipinski definition) is 2. The summed E-state index contributed by atoms with van der Waals surface area (Å²) in [4.78, 5) is 15.4. The van der Waals surface area contributed by atoms with Gasteiger partial charge in [-0.1, -0.05) is 0 Å². The quantitative estimate of drug-likeness (QED) is 0.810. The second kappa shape index (κ2) is 3.99. The van der Waals surface area contributed by atoms with E-state index in [0.717, 1.165) is 11.3 Å². The van der Waals surface area contributed by atoms with Crippen molar-refractivity contribution in [2.45, 2.75) is 0 Å². The minimum Gasteiger partial charge on any atom is -0.366 e. The molecular formula is C12H11N5O. The summed E-state index contributed by atoms with van der Waals surface area (Å²) in [6.07, 6.45) is 6.93. The Morgan fingerprint density at radius 2 is 2.33 bits per heavy atom. The number of aromatic nitrogens is 3. The molecule has 0 saturated heterocycles. The lowest BCUT2D eigenvalue weighted by atomic mass is 10.1. The van der Waals surface area contributed by atoms with Gasteiger partial charge in [-0.2, -0.15) is 5.10 Å². The number of amides is 1. The molecule has 1 aliphatic heterocycles. The fraction of sp³-hybridized carbons (Fsp3) is 0.0833. The Bertz CT molecular complexity index is 629. The zero-order valence-electron chi connectivity index (χ0n) is 9.50. The van der Waals surface area contributed by atoms with E-state index in [-0.39, 0.29) is 0 Å². The predicted octanol–water partition coefficient (Wildman–Crippen LogP) is 0.692. The van der Waals surface area contributed by atoms with E-state index in [0.29, 0.717) is 17.9 Å². The van der Waals surface area contributed by atoms with Gasteiger partial charge in [0.05, 0.1) is 11.9 Å². The van der Waals surface area contributed by atoms with Gasteiger partial charge in [0, 0.05) is 24.5 Å². The minimum absolute atomic E-state index is 0.393. The van der Waals surface area contributed by atoms with Crippen LogP contribution in [0.2, 0.25) is 0 Å². The number of primary amides is 1. The van der Waals surface area contributed by atoms with Crippen LogP contribution in [0.4, 0.5) is 5.82 Å². The number of hydrogen-bond acceptors (Lipinski definition) is 4. The van der Waals surface area contributed by atoms with Gasteiger partial charge >= 0.3 is 0 Å². The van der Waals surface area contributed by atoms with E-state index in [4.69, 9.17) is 5.73 Å². The number of fused-ring (bicyclic) bond motifs is 1. The summed E-state index contributed by atoms with van der Waals surface area (Å²) in [6, 6.07) is 3.80. The lowest BCUT2D eigenvalue weighted by Gasteiger charge is -2.18. The Hall–Kier alpha value is -2.63. The molecule has 0 spiro atoms. The van der Waals surface area contributed by atoms with Crippen molar-refractivity contribution in [2.24, 2.45) is 5.73 Å². The summed E-state index contributed by atoms with van der Waals surface area (Å²) in [7, 11) is 0. The molecule has 0 radical (unpaired) electrons. The summed E-state index contributed by atoms with van der Waals surface area (Å²) >= 11 is 0. The first-order valence-electron chi connectivity index (χ1n) is 5.50. The van der Waals surface area contributed by atoms with Crippen LogP contribution in [0.5, 0.6) is 0 Å². The maximum Gasteiger partial charge on any atom is 0.254 e. The molecule has 0 saturated carbocycles. The van der Waals surface area contributed by atoms with Crippen LogP contribution in [0.15, 0.2) is 36.8 Å². The number of pyridine rings is 1. The van der Waals surface area contributed by atoms with Crippen LogP contribution >= 0.6 is 0 Å². The second-order valence-corrected chi connectivity index (χ2v) is 3.89. The van der Waals surface area contributed by atoms with Gasteiger partial charge in [0.1, 0.15) is 11.4 Å². The van der Waals surface area contributed by atoms with Crippen LogP contribution in [0.3, 0.4) is 0 Å². The Morgan fingerprint density at radius 1 is 1.44 bits per heavy atom. The molecule has 6 heteroatoms. The molecule has 1 amide bonds. The Kier molecular flexibility index (Phi) is 2.33. The zero-order valence-corrected chi connectivity index (χ0v) is 9.50. The third-order valence-corrected chi connectivity index (χ3v) is 2.79. The predicted molar refractivity (Wildman–Crippen MR) is 66.8 cm³/mol. The van der Waals surface area contributed by atoms with E-state index in [9.17, 15) is 4.79 Å². The van der Waals surface area contributed by atoms with Crippen molar-refractivity contribution in [3.05, 3.63) is 47.9 Å². The molecule has 3 heterocycles. The summed E-state index contributed by atoms with van der Waals surface area (Å²) in [5, 5.41) is 7.29. The average Bonchev–Trinajstić information content (AvgIpc) is 2.83. The zero-order chi connectivity index (χ0) is 12.5. The van der Waals surface area contributed by atoms with Gasteiger partial charge < -0.3 is 11.1 Å². The Morgan fingerprint density at radius 3 is 3.06 bits per heavy atom. The SMILES string of the molecule is NC(=O)c1cnn2c1NCC=C2c1cccnc1. The third-order valence-electron chi connectivity index (χ3n) is 2.79. The van der Waals surface area contributed by atoms with E-state index >= 15 is 0 Å². The Balaban J connectivity index is 2.11. The van der Waals surface area contributed by atoms with Gasteiger partial charge in [-0.05, 0) is 18.2 Å². The summed E-state index contributed by atoms with van der Waals surface area (Å²) < 4.78 is 1.67. The van der Waals surface area contributed by atoms with Crippen molar-refractivity contribution in [1.29, 1.82) is 0 Å². The highest BCUT2D eigenvalue weighted by Crippen LogP contribution is 2.26.